The zero-order valence-electron chi connectivity index (χ0n) is 13.9. The lowest BCUT2D eigenvalue weighted by Crippen LogP contribution is -2.35. The van der Waals surface area contributed by atoms with Gasteiger partial charge in [0.1, 0.15) is 0 Å². The molecule has 0 fully saturated rings. The zero-order valence-corrected chi connectivity index (χ0v) is 14.7. The van der Waals surface area contributed by atoms with E-state index in [2.05, 4.69) is 15.7 Å². The largest absolute Gasteiger partial charge is 0.352 e. The van der Waals surface area contributed by atoms with Gasteiger partial charge in [0.15, 0.2) is 0 Å². The van der Waals surface area contributed by atoms with Gasteiger partial charge in [-0.15, -0.1) is 0 Å². The molecule has 0 unspecified atom stereocenters. The Morgan fingerprint density at radius 2 is 2.25 bits per heavy atom. The Morgan fingerprint density at radius 1 is 1.42 bits per heavy atom. The van der Waals surface area contributed by atoms with Crippen LogP contribution in [0.3, 0.4) is 0 Å². The van der Waals surface area contributed by atoms with E-state index in [1.807, 2.05) is 35.4 Å². The van der Waals surface area contributed by atoms with Gasteiger partial charge >= 0.3 is 0 Å². The number of hydrogen-bond acceptors (Lipinski definition) is 4. The summed E-state index contributed by atoms with van der Waals surface area (Å²) in [6, 6.07) is 1.92. The smallest absolute Gasteiger partial charge is 0.254 e. The minimum Gasteiger partial charge on any atom is -0.352 e. The summed E-state index contributed by atoms with van der Waals surface area (Å²) < 4.78 is 1.91. The SMILES string of the molecule is CC(C)NC(=O)c1cnn2c1C[C@@H](CNC(=O)c1ccsc1)CC2. The van der Waals surface area contributed by atoms with E-state index in [4.69, 9.17) is 0 Å². The summed E-state index contributed by atoms with van der Waals surface area (Å²) in [5.41, 5.74) is 2.32. The van der Waals surface area contributed by atoms with Gasteiger partial charge in [0.2, 0.25) is 0 Å². The second kappa shape index (κ2) is 7.17. The number of rotatable bonds is 5. The average molecular weight is 346 g/mol. The highest BCUT2D eigenvalue weighted by atomic mass is 32.1. The first kappa shape index (κ1) is 16.7. The highest BCUT2D eigenvalue weighted by molar-refractivity contribution is 7.08. The summed E-state index contributed by atoms with van der Waals surface area (Å²) in [6.45, 7) is 5.28. The Kier molecular flexibility index (Phi) is 4.99. The molecule has 1 aliphatic heterocycles. The molecule has 2 N–H and O–H groups in total. The van der Waals surface area contributed by atoms with E-state index in [1.54, 1.807) is 6.20 Å². The third-order valence-electron chi connectivity index (χ3n) is 4.18. The number of amides is 2. The van der Waals surface area contributed by atoms with Crippen LogP contribution in [0.5, 0.6) is 0 Å². The second-order valence-electron chi connectivity index (χ2n) is 6.44. The lowest BCUT2D eigenvalue weighted by molar-refractivity contribution is 0.0930. The number of aromatic nitrogens is 2. The number of fused-ring (bicyclic) bond motifs is 1. The number of carbonyl (C=O) groups is 2. The molecule has 24 heavy (non-hydrogen) atoms. The third-order valence-corrected chi connectivity index (χ3v) is 4.86. The van der Waals surface area contributed by atoms with Crippen LogP contribution in [0.2, 0.25) is 0 Å². The zero-order chi connectivity index (χ0) is 17.1. The van der Waals surface area contributed by atoms with Crippen molar-refractivity contribution in [3.63, 3.8) is 0 Å². The number of hydrogen-bond donors (Lipinski definition) is 2. The summed E-state index contributed by atoms with van der Waals surface area (Å²) in [4.78, 5) is 24.3. The Morgan fingerprint density at radius 3 is 2.96 bits per heavy atom. The van der Waals surface area contributed by atoms with E-state index in [0.29, 0.717) is 23.6 Å². The molecule has 128 valence electrons. The maximum atomic E-state index is 12.3. The number of thiophene rings is 1. The standard InChI is InChI=1S/C17H22N4O2S/c1-11(2)20-17(23)14-9-19-21-5-3-12(7-15(14)21)8-18-16(22)13-4-6-24-10-13/h4,6,9-12H,3,5,7-8H2,1-2H3,(H,18,22)(H,20,23)/t12-/m0/s1. The van der Waals surface area contributed by atoms with Gasteiger partial charge in [0.05, 0.1) is 17.5 Å². The lowest BCUT2D eigenvalue weighted by atomic mass is 9.94. The molecule has 0 aromatic carbocycles. The van der Waals surface area contributed by atoms with Crippen molar-refractivity contribution in [1.82, 2.24) is 20.4 Å². The van der Waals surface area contributed by atoms with Gasteiger partial charge in [-0.2, -0.15) is 16.4 Å². The number of nitrogens with one attached hydrogen (secondary N) is 2. The molecule has 3 heterocycles. The fourth-order valence-corrected chi connectivity index (χ4v) is 3.57. The molecule has 0 bridgehead atoms. The van der Waals surface area contributed by atoms with E-state index >= 15 is 0 Å². The number of nitrogens with zero attached hydrogens (tertiary/aromatic N) is 2. The second-order valence-corrected chi connectivity index (χ2v) is 7.22. The van der Waals surface area contributed by atoms with Gasteiger partial charge in [-0.3, -0.25) is 14.3 Å². The van der Waals surface area contributed by atoms with Crippen LogP contribution >= 0.6 is 11.3 Å². The molecule has 2 amide bonds. The molecule has 0 radical (unpaired) electrons. The average Bonchev–Trinajstić information content (AvgIpc) is 3.21. The minimum atomic E-state index is -0.0748. The normalized spacial score (nSPS) is 16.7. The van der Waals surface area contributed by atoms with E-state index in [-0.39, 0.29) is 17.9 Å². The Balaban J connectivity index is 1.62. The fraction of sp³-hybridized carbons (Fsp3) is 0.471. The molecule has 2 aromatic rings. The highest BCUT2D eigenvalue weighted by Crippen LogP contribution is 2.23. The van der Waals surface area contributed by atoms with E-state index in [9.17, 15) is 9.59 Å². The van der Waals surface area contributed by atoms with Crippen molar-refractivity contribution in [2.24, 2.45) is 5.92 Å². The van der Waals surface area contributed by atoms with Gasteiger partial charge in [-0.05, 0) is 44.1 Å². The van der Waals surface area contributed by atoms with Crippen LogP contribution in [0.25, 0.3) is 0 Å². The highest BCUT2D eigenvalue weighted by Gasteiger charge is 2.25. The molecule has 0 aliphatic carbocycles. The molecular formula is C17H22N4O2S. The predicted molar refractivity (Wildman–Crippen MR) is 93.3 cm³/mol. The molecule has 6 nitrogen and oxygen atoms in total. The number of aryl methyl sites for hydroxylation is 1. The van der Waals surface area contributed by atoms with Crippen LogP contribution in [-0.2, 0) is 13.0 Å². The van der Waals surface area contributed by atoms with Crippen molar-refractivity contribution in [2.45, 2.75) is 39.3 Å². The molecule has 1 aliphatic rings. The summed E-state index contributed by atoms with van der Waals surface area (Å²) in [6.07, 6.45) is 3.36. The molecule has 7 heteroatoms. The first-order valence-electron chi connectivity index (χ1n) is 8.20. The Labute approximate surface area is 145 Å². The molecule has 0 saturated heterocycles. The summed E-state index contributed by atoms with van der Waals surface area (Å²) in [5.74, 6) is 0.213. The summed E-state index contributed by atoms with van der Waals surface area (Å²) in [5, 5.41) is 14.0. The van der Waals surface area contributed by atoms with Gasteiger partial charge < -0.3 is 10.6 Å². The molecule has 1 atom stereocenters. The lowest BCUT2D eigenvalue weighted by Gasteiger charge is -2.24. The van der Waals surface area contributed by atoms with Crippen LogP contribution in [0.15, 0.2) is 23.0 Å². The van der Waals surface area contributed by atoms with Crippen molar-refractivity contribution in [2.75, 3.05) is 6.54 Å². The third kappa shape index (κ3) is 3.67. The molecular weight excluding hydrogens is 324 g/mol. The molecule has 0 saturated carbocycles. The van der Waals surface area contributed by atoms with Crippen molar-refractivity contribution >= 4 is 23.2 Å². The summed E-state index contributed by atoms with van der Waals surface area (Å²) >= 11 is 1.51. The van der Waals surface area contributed by atoms with Gasteiger partial charge in [-0.25, -0.2) is 0 Å². The first-order valence-corrected chi connectivity index (χ1v) is 9.15. The number of carbonyl (C=O) groups excluding carboxylic acids is 2. The van der Waals surface area contributed by atoms with E-state index in [0.717, 1.165) is 25.1 Å². The van der Waals surface area contributed by atoms with Crippen molar-refractivity contribution < 1.29 is 9.59 Å². The molecule has 0 spiro atoms. The van der Waals surface area contributed by atoms with Crippen molar-refractivity contribution in [3.8, 4) is 0 Å². The molecule has 2 aromatic heterocycles. The topological polar surface area (TPSA) is 76.0 Å². The van der Waals surface area contributed by atoms with Gasteiger partial charge in [-0.1, -0.05) is 0 Å². The van der Waals surface area contributed by atoms with Crippen LogP contribution in [0, 0.1) is 5.92 Å². The van der Waals surface area contributed by atoms with Crippen LogP contribution in [-0.4, -0.2) is 34.2 Å². The van der Waals surface area contributed by atoms with Crippen LogP contribution in [0.1, 0.15) is 46.7 Å². The van der Waals surface area contributed by atoms with Crippen molar-refractivity contribution in [3.05, 3.63) is 39.8 Å². The molecule has 3 rings (SSSR count). The Hall–Kier alpha value is -2.15. The van der Waals surface area contributed by atoms with Gasteiger partial charge in [0.25, 0.3) is 11.8 Å². The van der Waals surface area contributed by atoms with E-state index < -0.39 is 0 Å². The van der Waals surface area contributed by atoms with E-state index in [1.165, 1.54) is 11.3 Å². The van der Waals surface area contributed by atoms with Crippen LogP contribution in [0.4, 0.5) is 0 Å². The van der Waals surface area contributed by atoms with Crippen LogP contribution < -0.4 is 10.6 Å². The van der Waals surface area contributed by atoms with Crippen molar-refractivity contribution in [1.29, 1.82) is 0 Å². The summed E-state index contributed by atoms with van der Waals surface area (Å²) in [7, 11) is 0. The van der Waals surface area contributed by atoms with Gasteiger partial charge in [0, 0.05) is 30.1 Å². The predicted octanol–water partition coefficient (Wildman–Crippen LogP) is 2.08. The minimum absolute atomic E-state index is 0.0342. The maximum Gasteiger partial charge on any atom is 0.254 e. The first-order chi connectivity index (χ1) is 11.5. The fourth-order valence-electron chi connectivity index (χ4n) is 2.94. The maximum absolute atomic E-state index is 12.3. The monoisotopic (exact) mass is 346 g/mol. The quantitative estimate of drug-likeness (QED) is 0.870. The Bertz CT molecular complexity index is 721.